The number of benzene rings is 1. The van der Waals surface area contributed by atoms with Crippen molar-refractivity contribution >= 4 is 5.91 Å². The Morgan fingerprint density at radius 1 is 1.11 bits per heavy atom. The lowest BCUT2D eigenvalue weighted by Crippen LogP contribution is -2.34. The number of carbonyl (C=O) groups is 1. The SMILES string of the molecule is O=C(c1ccc(F)c(F)c1F)N1CCCNCC1. The van der Waals surface area contributed by atoms with Gasteiger partial charge in [0.1, 0.15) is 0 Å². The lowest BCUT2D eigenvalue weighted by molar-refractivity contribution is 0.0760. The van der Waals surface area contributed by atoms with E-state index >= 15 is 0 Å². The summed E-state index contributed by atoms with van der Waals surface area (Å²) >= 11 is 0. The molecule has 98 valence electrons. The Morgan fingerprint density at radius 3 is 2.67 bits per heavy atom. The van der Waals surface area contributed by atoms with Gasteiger partial charge in [0.05, 0.1) is 5.56 Å². The topological polar surface area (TPSA) is 32.3 Å². The van der Waals surface area contributed by atoms with E-state index in [1.165, 1.54) is 4.90 Å². The van der Waals surface area contributed by atoms with Gasteiger partial charge >= 0.3 is 0 Å². The highest BCUT2D eigenvalue weighted by atomic mass is 19.2. The fourth-order valence-corrected chi connectivity index (χ4v) is 1.91. The summed E-state index contributed by atoms with van der Waals surface area (Å²) in [7, 11) is 0. The van der Waals surface area contributed by atoms with E-state index in [0.29, 0.717) is 19.6 Å². The predicted octanol–water partition coefficient (Wildman–Crippen LogP) is 1.54. The first-order valence-electron chi connectivity index (χ1n) is 5.74. The summed E-state index contributed by atoms with van der Waals surface area (Å²) in [5.41, 5.74) is -0.421. The van der Waals surface area contributed by atoms with Crippen molar-refractivity contribution in [2.75, 3.05) is 26.2 Å². The maximum Gasteiger partial charge on any atom is 0.256 e. The monoisotopic (exact) mass is 258 g/mol. The molecule has 1 aliphatic rings. The van der Waals surface area contributed by atoms with E-state index in [1.807, 2.05) is 0 Å². The third-order valence-electron chi connectivity index (χ3n) is 2.89. The van der Waals surface area contributed by atoms with Gasteiger partial charge in [0.2, 0.25) is 0 Å². The van der Waals surface area contributed by atoms with Crippen molar-refractivity contribution in [1.82, 2.24) is 10.2 Å². The van der Waals surface area contributed by atoms with Crippen molar-refractivity contribution in [1.29, 1.82) is 0 Å². The first-order chi connectivity index (χ1) is 8.61. The van der Waals surface area contributed by atoms with Crippen LogP contribution < -0.4 is 5.32 Å². The molecule has 0 radical (unpaired) electrons. The van der Waals surface area contributed by atoms with Crippen molar-refractivity contribution in [2.45, 2.75) is 6.42 Å². The van der Waals surface area contributed by atoms with E-state index in [4.69, 9.17) is 0 Å². The fraction of sp³-hybridized carbons (Fsp3) is 0.417. The van der Waals surface area contributed by atoms with Crippen LogP contribution in [0.1, 0.15) is 16.8 Å². The number of amides is 1. The number of nitrogens with zero attached hydrogens (tertiary/aromatic N) is 1. The molecule has 1 amide bonds. The molecule has 1 fully saturated rings. The van der Waals surface area contributed by atoms with E-state index in [-0.39, 0.29) is 0 Å². The van der Waals surface area contributed by atoms with Gasteiger partial charge in [0.25, 0.3) is 5.91 Å². The zero-order valence-electron chi connectivity index (χ0n) is 9.68. The minimum atomic E-state index is -1.60. The van der Waals surface area contributed by atoms with Gasteiger partial charge in [-0.15, -0.1) is 0 Å². The van der Waals surface area contributed by atoms with Gasteiger partial charge in [0.15, 0.2) is 17.5 Å². The summed E-state index contributed by atoms with van der Waals surface area (Å²) < 4.78 is 39.3. The maximum atomic E-state index is 13.5. The summed E-state index contributed by atoms with van der Waals surface area (Å²) in [5.74, 6) is -4.91. The van der Waals surface area contributed by atoms with Gasteiger partial charge in [-0.1, -0.05) is 0 Å². The number of carbonyl (C=O) groups excluding carboxylic acids is 1. The second-order valence-electron chi connectivity index (χ2n) is 4.12. The lowest BCUT2D eigenvalue weighted by atomic mass is 10.1. The van der Waals surface area contributed by atoms with E-state index in [9.17, 15) is 18.0 Å². The minimum absolute atomic E-state index is 0.421. The molecule has 0 aliphatic carbocycles. The standard InChI is InChI=1S/C12H13F3N2O/c13-9-3-2-8(10(14)11(9)15)12(18)17-6-1-4-16-5-7-17/h2-3,16H,1,4-7H2. The highest BCUT2D eigenvalue weighted by Gasteiger charge is 2.23. The Labute approximate surface area is 103 Å². The van der Waals surface area contributed by atoms with E-state index in [0.717, 1.165) is 25.1 Å². The van der Waals surface area contributed by atoms with Crippen molar-refractivity contribution in [2.24, 2.45) is 0 Å². The molecule has 18 heavy (non-hydrogen) atoms. The van der Waals surface area contributed by atoms with E-state index in [2.05, 4.69) is 5.32 Å². The Hall–Kier alpha value is -1.56. The van der Waals surface area contributed by atoms with Crippen molar-refractivity contribution < 1.29 is 18.0 Å². The third-order valence-corrected chi connectivity index (χ3v) is 2.89. The molecular formula is C12H13F3N2O. The Morgan fingerprint density at radius 2 is 1.89 bits per heavy atom. The van der Waals surface area contributed by atoms with Crippen LogP contribution in [0.2, 0.25) is 0 Å². The van der Waals surface area contributed by atoms with Crippen LogP contribution in [0, 0.1) is 17.5 Å². The molecule has 1 aliphatic heterocycles. The molecule has 1 saturated heterocycles. The number of rotatable bonds is 1. The summed E-state index contributed by atoms with van der Waals surface area (Å²) in [6.07, 6.45) is 0.747. The highest BCUT2D eigenvalue weighted by Crippen LogP contribution is 2.17. The molecule has 0 aromatic heterocycles. The summed E-state index contributed by atoms with van der Waals surface area (Å²) in [4.78, 5) is 13.4. The lowest BCUT2D eigenvalue weighted by Gasteiger charge is -2.20. The molecule has 1 heterocycles. The first kappa shape index (κ1) is 12.9. The zero-order chi connectivity index (χ0) is 13.1. The second kappa shape index (κ2) is 5.39. The average Bonchev–Trinajstić information content (AvgIpc) is 2.64. The molecule has 6 heteroatoms. The average molecular weight is 258 g/mol. The van der Waals surface area contributed by atoms with Crippen LogP contribution in [0.5, 0.6) is 0 Å². The van der Waals surface area contributed by atoms with Crippen LogP contribution in [-0.4, -0.2) is 37.0 Å². The molecule has 0 unspecified atom stereocenters. The van der Waals surface area contributed by atoms with Crippen LogP contribution in [0.4, 0.5) is 13.2 Å². The number of nitrogens with one attached hydrogen (secondary N) is 1. The molecular weight excluding hydrogens is 245 g/mol. The smallest absolute Gasteiger partial charge is 0.256 e. The molecule has 2 rings (SSSR count). The van der Waals surface area contributed by atoms with Crippen molar-refractivity contribution in [3.05, 3.63) is 35.1 Å². The van der Waals surface area contributed by atoms with Crippen LogP contribution in [-0.2, 0) is 0 Å². The molecule has 1 aromatic carbocycles. The number of hydrogen-bond donors (Lipinski definition) is 1. The first-order valence-corrected chi connectivity index (χ1v) is 5.74. The predicted molar refractivity (Wildman–Crippen MR) is 59.7 cm³/mol. The normalized spacial score (nSPS) is 16.5. The van der Waals surface area contributed by atoms with Crippen LogP contribution in [0.15, 0.2) is 12.1 Å². The number of halogens is 3. The third kappa shape index (κ3) is 2.48. The van der Waals surface area contributed by atoms with Crippen LogP contribution in [0.3, 0.4) is 0 Å². The maximum absolute atomic E-state index is 13.5. The molecule has 1 aromatic rings. The van der Waals surface area contributed by atoms with Gasteiger partial charge < -0.3 is 10.2 Å². The highest BCUT2D eigenvalue weighted by molar-refractivity contribution is 5.94. The van der Waals surface area contributed by atoms with Crippen LogP contribution in [0.25, 0.3) is 0 Å². The largest absolute Gasteiger partial charge is 0.337 e. The summed E-state index contributed by atoms with van der Waals surface area (Å²) in [6, 6.07) is 1.75. The van der Waals surface area contributed by atoms with Crippen molar-refractivity contribution in [3.63, 3.8) is 0 Å². The molecule has 0 atom stereocenters. The van der Waals surface area contributed by atoms with Gasteiger partial charge in [-0.2, -0.15) is 0 Å². The Kier molecular flexibility index (Phi) is 3.86. The van der Waals surface area contributed by atoms with Gasteiger partial charge in [-0.25, -0.2) is 13.2 Å². The zero-order valence-corrected chi connectivity index (χ0v) is 9.68. The second-order valence-corrected chi connectivity index (χ2v) is 4.12. The Balaban J connectivity index is 2.25. The van der Waals surface area contributed by atoms with Gasteiger partial charge in [-0.05, 0) is 25.1 Å². The van der Waals surface area contributed by atoms with Crippen LogP contribution >= 0.6 is 0 Å². The molecule has 0 bridgehead atoms. The molecule has 1 N–H and O–H groups in total. The Bertz CT molecular complexity index is 457. The summed E-state index contributed by atoms with van der Waals surface area (Å²) in [6.45, 7) is 2.29. The molecule has 0 saturated carbocycles. The van der Waals surface area contributed by atoms with Gasteiger partial charge in [0, 0.05) is 19.6 Å². The van der Waals surface area contributed by atoms with E-state index < -0.39 is 28.9 Å². The van der Waals surface area contributed by atoms with E-state index in [1.54, 1.807) is 0 Å². The van der Waals surface area contributed by atoms with Gasteiger partial charge in [-0.3, -0.25) is 4.79 Å². The summed E-state index contributed by atoms with van der Waals surface area (Å²) in [5, 5.41) is 3.10. The number of hydrogen-bond acceptors (Lipinski definition) is 2. The molecule has 3 nitrogen and oxygen atoms in total. The minimum Gasteiger partial charge on any atom is -0.337 e. The van der Waals surface area contributed by atoms with Crippen molar-refractivity contribution in [3.8, 4) is 0 Å². The fourth-order valence-electron chi connectivity index (χ4n) is 1.91. The quantitative estimate of drug-likeness (QED) is 0.775. The molecule has 0 spiro atoms.